The molecular formula is C17H25NO5S. The molecule has 2 rings (SSSR count). The quantitative estimate of drug-likeness (QED) is 0.840. The van der Waals surface area contributed by atoms with Crippen LogP contribution in [0.25, 0.3) is 0 Å². The molecule has 0 radical (unpaired) electrons. The monoisotopic (exact) mass is 355 g/mol. The standard InChI is InChI=1S/C17H25NO5S/c1-17(2,3)23-16(19)18-15-7-5-6-13-10-12(8-9-14(13)15)11-24(20,21)22-4/h8-10,15H,5-7,11H2,1-4H3,(H,18,19)/t15-/m1/s1. The highest BCUT2D eigenvalue weighted by Crippen LogP contribution is 2.31. The van der Waals surface area contributed by atoms with Gasteiger partial charge in [0.05, 0.1) is 13.2 Å². The third-order valence-electron chi connectivity index (χ3n) is 3.81. The highest BCUT2D eigenvalue weighted by molar-refractivity contribution is 7.85. The Morgan fingerprint density at radius 3 is 2.67 bits per heavy atom. The lowest BCUT2D eigenvalue weighted by Gasteiger charge is -2.28. The lowest BCUT2D eigenvalue weighted by molar-refractivity contribution is 0.0498. The van der Waals surface area contributed by atoms with E-state index in [0.717, 1.165) is 37.5 Å². The largest absolute Gasteiger partial charge is 0.444 e. The van der Waals surface area contributed by atoms with Crippen molar-refractivity contribution in [3.05, 3.63) is 34.9 Å². The third kappa shape index (κ3) is 5.21. The molecule has 1 aromatic carbocycles. The van der Waals surface area contributed by atoms with Crippen molar-refractivity contribution in [3.63, 3.8) is 0 Å². The molecule has 0 saturated carbocycles. The predicted octanol–water partition coefficient (Wildman–Crippen LogP) is 3.06. The Kier molecular flexibility index (Phi) is 5.55. The minimum absolute atomic E-state index is 0.114. The number of fused-ring (bicyclic) bond motifs is 1. The molecule has 0 aromatic heterocycles. The van der Waals surface area contributed by atoms with Crippen LogP contribution >= 0.6 is 0 Å². The molecule has 1 aliphatic carbocycles. The van der Waals surface area contributed by atoms with Crippen LogP contribution in [0.3, 0.4) is 0 Å². The Morgan fingerprint density at radius 2 is 2.04 bits per heavy atom. The molecule has 6 nitrogen and oxygen atoms in total. The van der Waals surface area contributed by atoms with Crippen molar-refractivity contribution < 1.29 is 22.1 Å². The van der Waals surface area contributed by atoms with E-state index >= 15 is 0 Å². The molecule has 0 saturated heterocycles. The molecule has 1 N–H and O–H groups in total. The van der Waals surface area contributed by atoms with E-state index in [1.807, 2.05) is 32.9 Å². The zero-order valence-corrected chi connectivity index (χ0v) is 15.4. The van der Waals surface area contributed by atoms with E-state index in [1.54, 1.807) is 6.07 Å². The SMILES string of the molecule is COS(=O)(=O)Cc1ccc2c(c1)CCC[C@H]2NC(=O)OC(C)(C)C. The summed E-state index contributed by atoms with van der Waals surface area (Å²) in [5, 5.41) is 2.91. The minimum atomic E-state index is -3.54. The highest BCUT2D eigenvalue weighted by atomic mass is 32.2. The van der Waals surface area contributed by atoms with Crippen LogP contribution in [0, 0.1) is 0 Å². The summed E-state index contributed by atoms with van der Waals surface area (Å²) in [7, 11) is -2.38. The summed E-state index contributed by atoms with van der Waals surface area (Å²) < 4.78 is 33.0. The Balaban J connectivity index is 2.15. The molecule has 24 heavy (non-hydrogen) atoms. The number of carbonyl (C=O) groups is 1. The molecular weight excluding hydrogens is 330 g/mol. The summed E-state index contributed by atoms with van der Waals surface area (Å²) in [5.41, 5.74) is 2.23. The maximum Gasteiger partial charge on any atom is 0.408 e. The summed E-state index contributed by atoms with van der Waals surface area (Å²) in [5.74, 6) is -0.152. The fraction of sp³-hybridized carbons (Fsp3) is 0.588. The first-order chi connectivity index (χ1) is 11.1. The lowest BCUT2D eigenvalue weighted by Crippen LogP contribution is -2.36. The van der Waals surface area contributed by atoms with Crippen LogP contribution in [0.1, 0.15) is 56.3 Å². The molecule has 134 valence electrons. The summed E-state index contributed by atoms with van der Waals surface area (Å²) in [6, 6.07) is 5.42. The average molecular weight is 355 g/mol. The Morgan fingerprint density at radius 1 is 1.33 bits per heavy atom. The molecule has 0 heterocycles. The van der Waals surface area contributed by atoms with Crippen LogP contribution in [0.5, 0.6) is 0 Å². The average Bonchev–Trinajstić information content (AvgIpc) is 2.45. The van der Waals surface area contributed by atoms with Gasteiger partial charge in [-0.1, -0.05) is 18.2 Å². The number of ether oxygens (including phenoxy) is 1. The van der Waals surface area contributed by atoms with Crippen molar-refractivity contribution in [3.8, 4) is 0 Å². The second kappa shape index (κ2) is 7.11. The van der Waals surface area contributed by atoms with Gasteiger partial charge in [-0.3, -0.25) is 4.18 Å². The van der Waals surface area contributed by atoms with Gasteiger partial charge < -0.3 is 10.1 Å². The van der Waals surface area contributed by atoms with Crippen molar-refractivity contribution in [2.24, 2.45) is 0 Å². The predicted molar refractivity (Wildman–Crippen MR) is 91.1 cm³/mol. The highest BCUT2D eigenvalue weighted by Gasteiger charge is 2.25. The first kappa shape index (κ1) is 18.7. The third-order valence-corrected chi connectivity index (χ3v) is 5.00. The van der Waals surface area contributed by atoms with Gasteiger partial charge in [0, 0.05) is 0 Å². The fourth-order valence-corrected chi connectivity index (χ4v) is 3.53. The topological polar surface area (TPSA) is 81.7 Å². The maximum atomic E-state index is 12.0. The van der Waals surface area contributed by atoms with Gasteiger partial charge in [-0.2, -0.15) is 8.42 Å². The summed E-state index contributed by atoms with van der Waals surface area (Å²) in [4.78, 5) is 12.0. The molecule has 1 aromatic rings. The molecule has 1 amide bonds. The van der Waals surface area contributed by atoms with E-state index in [9.17, 15) is 13.2 Å². The Hall–Kier alpha value is -1.60. The molecule has 0 bridgehead atoms. The van der Waals surface area contributed by atoms with Gasteiger partial charge in [-0.05, 0) is 56.7 Å². The van der Waals surface area contributed by atoms with Crippen molar-refractivity contribution in [2.75, 3.05) is 7.11 Å². The molecule has 7 heteroatoms. The van der Waals surface area contributed by atoms with E-state index in [0.29, 0.717) is 5.56 Å². The maximum absolute atomic E-state index is 12.0. The summed E-state index contributed by atoms with van der Waals surface area (Å²) >= 11 is 0. The molecule has 0 unspecified atom stereocenters. The lowest BCUT2D eigenvalue weighted by atomic mass is 9.87. The van der Waals surface area contributed by atoms with Gasteiger partial charge in [0.25, 0.3) is 10.1 Å². The van der Waals surface area contributed by atoms with Gasteiger partial charge in [0.2, 0.25) is 0 Å². The molecule has 0 aliphatic heterocycles. The van der Waals surface area contributed by atoms with E-state index in [1.165, 1.54) is 0 Å². The Labute approximate surface area is 143 Å². The number of rotatable bonds is 4. The number of alkyl carbamates (subject to hydrolysis) is 1. The Bertz CT molecular complexity index is 706. The number of hydrogen-bond donors (Lipinski definition) is 1. The zero-order chi connectivity index (χ0) is 18.0. The van der Waals surface area contributed by atoms with Crippen LogP contribution in [0.15, 0.2) is 18.2 Å². The van der Waals surface area contributed by atoms with Crippen molar-refractivity contribution in [1.82, 2.24) is 5.32 Å². The minimum Gasteiger partial charge on any atom is -0.444 e. The zero-order valence-electron chi connectivity index (χ0n) is 14.6. The smallest absolute Gasteiger partial charge is 0.408 e. The van der Waals surface area contributed by atoms with Crippen LogP contribution in [-0.2, 0) is 31.2 Å². The van der Waals surface area contributed by atoms with Crippen molar-refractivity contribution in [2.45, 2.75) is 57.4 Å². The van der Waals surface area contributed by atoms with Gasteiger partial charge in [0.1, 0.15) is 11.4 Å². The number of amides is 1. The van der Waals surface area contributed by atoms with Crippen LogP contribution in [0.2, 0.25) is 0 Å². The van der Waals surface area contributed by atoms with Gasteiger partial charge in [0.15, 0.2) is 0 Å². The second-order valence-electron chi connectivity index (χ2n) is 6.99. The van der Waals surface area contributed by atoms with Gasteiger partial charge in [-0.15, -0.1) is 0 Å². The normalized spacial score (nSPS) is 17.9. The number of nitrogens with one attached hydrogen (secondary N) is 1. The molecule has 0 fully saturated rings. The first-order valence-corrected chi connectivity index (χ1v) is 9.57. The fourth-order valence-electron chi connectivity index (χ4n) is 2.82. The molecule has 0 spiro atoms. The van der Waals surface area contributed by atoms with E-state index in [-0.39, 0.29) is 11.8 Å². The van der Waals surface area contributed by atoms with Gasteiger partial charge >= 0.3 is 6.09 Å². The van der Waals surface area contributed by atoms with Crippen molar-refractivity contribution >= 4 is 16.2 Å². The summed E-state index contributed by atoms with van der Waals surface area (Å²) in [6.07, 6.45) is 2.19. The van der Waals surface area contributed by atoms with E-state index < -0.39 is 21.8 Å². The number of carbonyl (C=O) groups excluding carboxylic acids is 1. The number of benzene rings is 1. The number of hydrogen-bond acceptors (Lipinski definition) is 5. The van der Waals surface area contributed by atoms with E-state index in [4.69, 9.17) is 4.74 Å². The van der Waals surface area contributed by atoms with Crippen LogP contribution in [-0.4, -0.2) is 27.2 Å². The van der Waals surface area contributed by atoms with E-state index in [2.05, 4.69) is 9.50 Å². The first-order valence-electron chi connectivity index (χ1n) is 7.99. The van der Waals surface area contributed by atoms with Crippen LogP contribution in [0.4, 0.5) is 4.79 Å². The molecule has 1 atom stereocenters. The van der Waals surface area contributed by atoms with Gasteiger partial charge in [-0.25, -0.2) is 4.79 Å². The summed E-state index contributed by atoms with van der Waals surface area (Å²) in [6.45, 7) is 5.47. The second-order valence-corrected chi connectivity index (χ2v) is 8.73. The van der Waals surface area contributed by atoms with Crippen LogP contribution < -0.4 is 5.32 Å². The molecule has 1 aliphatic rings. The number of aryl methyl sites for hydroxylation is 1. The van der Waals surface area contributed by atoms with Crippen molar-refractivity contribution in [1.29, 1.82) is 0 Å².